The Hall–Kier alpha value is -3.95. The molecule has 2 saturated heterocycles. The zero-order valence-electron chi connectivity index (χ0n) is 26.6. The fourth-order valence-electron chi connectivity index (χ4n) is 7.75. The normalized spacial score (nSPS) is 28.8. The number of carbonyl (C=O) groups is 3. The van der Waals surface area contributed by atoms with E-state index in [0.29, 0.717) is 19.5 Å². The third-order valence-electron chi connectivity index (χ3n) is 10.3. The van der Waals surface area contributed by atoms with Crippen molar-refractivity contribution in [3.8, 4) is 0 Å². The number of hydrogen-bond donors (Lipinski definition) is 1. The number of likely N-dealkylation sites (tertiary alicyclic amines) is 1. The SMILES string of the molecule is CC[C@H](C)[C@H](CO)N1C(=O)[C@@H]2[C@@H]3C(=O)N(c4ccccc4)CC=C[C@@H]3O[C@@]23C=CCN(c2ccc(N(CC)CC)cc2)C(=O)C13. The average molecular weight is 613 g/mol. The van der Waals surface area contributed by atoms with Crippen molar-refractivity contribution < 1.29 is 24.2 Å². The van der Waals surface area contributed by atoms with Crippen LogP contribution in [-0.2, 0) is 19.1 Å². The lowest BCUT2D eigenvalue weighted by Gasteiger charge is -2.40. The Morgan fingerprint density at radius 2 is 1.53 bits per heavy atom. The Morgan fingerprint density at radius 1 is 0.889 bits per heavy atom. The summed E-state index contributed by atoms with van der Waals surface area (Å²) >= 11 is 0. The van der Waals surface area contributed by atoms with Gasteiger partial charge in [-0.25, -0.2) is 0 Å². The first-order chi connectivity index (χ1) is 21.8. The first-order valence-electron chi connectivity index (χ1n) is 16.3. The van der Waals surface area contributed by atoms with E-state index in [1.54, 1.807) is 14.7 Å². The molecule has 2 fully saturated rings. The summed E-state index contributed by atoms with van der Waals surface area (Å²) < 4.78 is 6.82. The number of anilines is 3. The van der Waals surface area contributed by atoms with Gasteiger partial charge in [-0.1, -0.05) is 62.8 Å². The summed E-state index contributed by atoms with van der Waals surface area (Å²) in [4.78, 5) is 51.1. The van der Waals surface area contributed by atoms with Crippen LogP contribution in [0, 0.1) is 17.8 Å². The summed E-state index contributed by atoms with van der Waals surface area (Å²) in [6, 6.07) is 15.7. The molecule has 1 N–H and O–H groups in total. The van der Waals surface area contributed by atoms with Crippen LogP contribution < -0.4 is 14.7 Å². The lowest BCUT2D eigenvalue weighted by molar-refractivity contribution is -0.145. The molecule has 238 valence electrons. The van der Waals surface area contributed by atoms with Crippen molar-refractivity contribution >= 4 is 34.8 Å². The molecule has 2 aromatic rings. The van der Waals surface area contributed by atoms with Crippen molar-refractivity contribution in [2.45, 2.75) is 57.9 Å². The van der Waals surface area contributed by atoms with E-state index >= 15 is 0 Å². The standard InChI is InChI=1S/C36H44N4O5/c1-5-24(4)28(23-41)40-32-35(44)39(27-18-16-25(17-19-27)37(6-2)7-3)22-12-20-36(32)31(34(40)43)30-29(45-36)15-11-21-38(33(30)42)26-13-9-8-10-14-26/h8-20,24,28-32,41H,5-7,21-23H2,1-4H3/t24-,28-,29-,30+,31-,32?,36-/m0/s1. The van der Waals surface area contributed by atoms with Gasteiger partial charge in [0.1, 0.15) is 11.6 Å². The van der Waals surface area contributed by atoms with E-state index in [2.05, 4.69) is 18.7 Å². The summed E-state index contributed by atoms with van der Waals surface area (Å²) in [5.74, 6) is -2.63. The van der Waals surface area contributed by atoms with Crippen LogP contribution in [0.2, 0.25) is 0 Å². The van der Waals surface area contributed by atoms with Crippen molar-refractivity contribution in [1.29, 1.82) is 0 Å². The molecule has 0 bridgehead atoms. The number of amides is 3. The highest BCUT2D eigenvalue weighted by Crippen LogP contribution is 2.54. The van der Waals surface area contributed by atoms with Crippen LogP contribution >= 0.6 is 0 Å². The number of nitrogens with zero attached hydrogens (tertiary/aromatic N) is 4. The minimum Gasteiger partial charge on any atom is -0.394 e. The van der Waals surface area contributed by atoms with Crippen LogP contribution in [0.4, 0.5) is 17.1 Å². The zero-order valence-corrected chi connectivity index (χ0v) is 26.6. The molecule has 2 aromatic carbocycles. The molecule has 4 aliphatic rings. The molecule has 0 aliphatic carbocycles. The van der Waals surface area contributed by atoms with Crippen LogP contribution in [-0.4, -0.2) is 84.3 Å². The number of carbonyl (C=O) groups excluding carboxylic acids is 3. The minimum atomic E-state index is -1.36. The summed E-state index contributed by atoms with van der Waals surface area (Å²) in [6.45, 7) is 10.3. The average Bonchev–Trinajstić information content (AvgIpc) is 3.38. The van der Waals surface area contributed by atoms with Gasteiger partial charge in [0.05, 0.1) is 30.6 Å². The Morgan fingerprint density at radius 3 is 2.18 bits per heavy atom. The molecule has 9 nitrogen and oxygen atoms in total. The van der Waals surface area contributed by atoms with Crippen molar-refractivity contribution in [1.82, 2.24) is 4.90 Å². The lowest BCUT2D eigenvalue weighted by Crippen LogP contribution is -2.59. The quantitative estimate of drug-likeness (QED) is 0.430. The van der Waals surface area contributed by atoms with Crippen molar-refractivity contribution in [3.63, 3.8) is 0 Å². The second-order valence-corrected chi connectivity index (χ2v) is 12.5. The summed E-state index contributed by atoms with van der Waals surface area (Å²) in [5.41, 5.74) is 1.17. The number of para-hydroxylation sites is 1. The number of aliphatic hydroxyl groups excluding tert-OH is 1. The van der Waals surface area contributed by atoms with Gasteiger partial charge in [-0.15, -0.1) is 0 Å². The fourth-order valence-corrected chi connectivity index (χ4v) is 7.75. The largest absolute Gasteiger partial charge is 0.394 e. The van der Waals surface area contributed by atoms with Gasteiger partial charge in [0, 0.05) is 43.2 Å². The maximum Gasteiger partial charge on any atom is 0.253 e. The molecule has 3 amide bonds. The second kappa shape index (κ2) is 12.4. The maximum atomic E-state index is 14.8. The monoisotopic (exact) mass is 612 g/mol. The molecule has 1 spiro atoms. The molecule has 7 atom stereocenters. The maximum absolute atomic E-state index is 14.8. The zero-order chi connectivity index (χ0) is 31.9. The van der Waals surface area contributed by atoms with Crippen molar-refractivity contribution in [2.75, 3.05) is 47.5 Å². The van der Waals surface area contributed by atoms with Crippen LogP contribution in [0.25, 0.3) is 0 Å². The van der Waals surface area contributed by atoms with Gasteiger partial charge in [0.2, 0.25) is 11.8 Å². The van der Waals surface area contributed by atoms with Gasteiger partial charge in [0.25, 0.3) is 5.91 Å². The summed E-state index contributed by atoms with van der Waals surface area (Å²) in [7, 11) is 0. The van der Waals surface area contributed by atoms with Crippen molar-refractivity contribution in [2.24, 2.45) is 17.8 Å². The van der Waals surface area contributed by atoms with Gasteiger partial charge in [-0.05, 0) is 56.2 Å². The third kappa shape index (κ3) is 4.97. The van der Waals surface area contributed by atoms with Crippen LogP contribution in [0.1, 0.15) is 34.1 Å². The first kappa shape index (κ1) is 31.0. The molecular formula is C36H44N4O5. The van der Waals surface area contributed by atoms with E-state index in [-0.39, 0.29) is 30.2 Å². The summed E-state index contributed by atoms with van der Waals surface area (Å²) in [5, 5.41) is 10.7. The van der Waals surface area contributed by atoms with Crippen LogP contribution in [0.5, 0.6) is 0 Å². The minimum absolute atomic E-state index is 0.0852. The highest BCUT2D eigenvalue weighted by molar-refractivity contribution is 6.07. The molecule has 45 heavy (non-hydrogen) atoms. The molecule has 0 aromatic heterocycles. The van der Waals surface area contributed by atoms with Gasteiger partial charge in [-0.3, -0.25) is 14.4 Å². The Bertz CT molecular complexity index is 1470. The molecule has 0 saturated carbocycles. The Labute approximate surface area is 265 Å². The molecular weight excluding hydrogens is 568 g/mol. The highest BCUT2D eigenvalue weighted by Gasteiger charge is 2.72. The van der Waals surface area contributed by atoms with Gasteiger partial charge in [-0.2, -0.15) is 0 Å². The van der Waals surface area contributed by atoms with E-state index < -0.39 is 35.6 Å². The fraction of sp³-hybridized carbons (Fsp3) is 0.472. The number of fused-ring (bicyclic) bond motifs is 2. The molecule has 6 rings (SSSR count). The second-order valence-electron chi connectivity index (χ2n) is 12.5. The Kier molecular flexibility index (Phi) is 8.59. The van der Waals surface area contributed by atoms with E-state index in [1.807, 2.05) is 92.7 Å². The van der Waals surface area contributed by atoms with Gasteiger partial charge < -0.3 is 29.4 Å². The van der Waals surface area contributed by atoms with Crippen LogP contribution in [0.3, 0.4) is 0 Å². The molecule has 1 unspecified atom stereocenters. The molecule has 0 radical (unpaired) electrons. The highest BCUT2D eigenvalue weighted by atomic mass is 16.5. The number of aliphatic hydroxyl groups is 1. The molecule has 9 heteroatoms. The van der Waals surface area contributed by atoms with Crippen LogP contribution in [0.15, 0.2) is 78.9 Å². The lowest BCUT2D eigenvalue weighted by atomic mass is 9.77. The van der Waals surface area contributed by atoms with Gasteiger partial charge in [0.15, 0.2) is 0 Å². The topological polar surface area (TPSA) is 93.6 Å². The number of benzene rings is 2. The molecule has 4 heterocycles. The van der Waals surface area contributed by atoms with E-state index in [0.717, 1.165) is 30.2 Å². The van der Waals surface area contributed by atoms with Gasteiger partial charge >= 0.3 is 0 Å². The molecule has 4 aliphatic heterocycles. The summed E-state index contributed by atoms with van der Waals surface area (Å²) in [6.07, 6.45) is 7.57. The van der Waals surface area contributed by atoms with E-state index in [4.69, 9.17) is 4.74 Å². The van der Waals surface area contributed by atoms with E-state index in [1.165, 1.54) is 0 Å². The first-order valence-corrected chi connectivity index (χ1v) is 16.3. The number of hydrogen-bond acceptors (Lipinski definition) is 6. The Balaban J connectivity index is 1.44. The number of ether oxygens (including phenoxy) is 1. The smallest absolute Gasteiger partial charge is 0.253 e. The number of rotatable bonds is 9. The predicted octanol–water partition coefficient (Wildman–Crippen LogP) is 4.03. The predicted molar refractivity (Wildman–Crippen MR) is 175 cm³/mol. The third-order valence-corrected chi connectivity index (χ3v) is 10.3. The van der Waals surface area contributed by atoms with Crippen molar-refractivity contribution in [3.05, 3.63) is 78.9 Å². The van der Waals surface area contributed by atoms with E-state index in [9.17, 15) is 19.5 Å².